The molecule has 0 aromatic heterocycles. The van der Waals surface area contributed by atoms with Crippen LogP contribution in [0.15, 0.2) is 48.0 Å². The number of hydrogen-bond donors (Lipinski definition) is 1. The molecule has 0 amide bonds. The van der Waals surface area contributed by atoms with Gasteiger partial charge in [-0.05, 0) is 30.8 Å². The molecule has 0 radical (unpaired) electrons. The Morgan fingerprint density at radius 2 is 1.53 bits per heavy atom. The maximum Gasteiger partial charge on any atom is 0.233 e. The van der Waals surface area contributed by atoms with Crippen molar-refractivity contribution in [1.82, 2.24) is 10.2 Å². The van der Waals surface area contributed by atoms with Crippen LogP contribution in [0, 0.1) is 0 Å². The van der Waals surface area contributed by atoms with Gasteiger partial charge in [0.05, 0.1) is 19.9 Å². The second-order valence-electron chi connectivity index (χ2n) is 7.06. The molecule has 1 aliphatic rings. The zero-order chi connectivity index (χ0) is 21.7. The normalized spacial score (nSPS) is 13.5. The van der Waals surface area contributed by atoms with Gasteiger partial charge in [-0.1, -0.05) is 44.2 Å². The summed E-state index contributed by atoms with van der Waals surface area (Å²) in [7, 11) is 3.20. The maximum absolute atomic E-state index is 13.0. The van der Waals surface area contributed by atoms with E-state index < -0.39 is 11.6 Å². The molecule has 0 aliphatic heterocycles. The van der Waals surface area contributed by atoms with Gasteiger partial charge in [-0.2, -0.15) is 0 Å². The van der Waals surface area contributed by atoms with Crippen LogP contribution < -0.4 is 14.8 Å². The number of methoxy groups -OCH3 is 2. The van der Waals surface area contributed by atoms with Crippen LogP contribution in [-0.2, 0) is 11.3 Å². The van der Waals surface area contributed by atoms with E-state index in [4.69, 9.17) is 9.47 Å². The van der Waals surface area contributed by atoms with Crippen molar-refractivity contribution in [2.75, 3.05) is 33.9 Å². The van der Waals surface area contributed by atoms with Gasteiger partial charge in [0.25, 0.3) is 0 Å². The third kappa shape index (κ3) is 4.24. The van der Waals surface area contributed by atoms with E-state index >= 15 is 0 Å². The first kappa shape index (κ1) is 21.6. The summed E-state index contributed by atoms with van der Waals surface area (Å²) in [5.41, 5.74) is 3.43. The molecule has 1 aliphatic carbocycles. The zero-order valence-electron chi connectivity index (χ0n) is 18.0. The summed E-state index contributed by atoms with van der Waals surface area (Å²) in [5, 5.41) is 3.42. The van der Waals surface area contributed by atoms with Crippen LogP contribution in [0.5, 0.6) is 11.5 Å². The summed E-state index contributed by atoms with van der Waals surface area (Å²) < 4.78 is 10.7. The lowest BCUT2D eigenvalue weighted by atomic mass is 9.87. The molecular weight excluding hydrogens is 380 g/mol. The highest BCUT2D eigenvalue weighted by Crippen LogP contribution is 2.30. The first-order valence-corrected chi connectivity index (χ1v) is 10.1. The lowest BCUT2D eigenvalue weighted by molar-refractivity contribution is -0.112. The fraction of sp³-hybridized carbons (Fsp3) is 0.333. The lowest BCUT2D eigenvalue weighted by Gasteiger charge is -2.26. The van der Waals surface area contributed by atoms with Crippen LogP contribution in [0.25, 0.3) is 5.70 Å². The van der Waals surface area contributed by atoms with Gasteiger partial charge in [-0.15, -0.1) is 0 Å². The Balaban J connectivity index is 1.99. The van der Waals surface area contributed by atoms with Gasteiger partial charge in [0.15, 0.2) is 11.5 Å². The Morgan fingerprint density at radius 1 is 0.867 bits per heavy atom. The number of benzene rings is 2. The first-order valence-electron chi connectivity index (χ1n) is 10.1. The molecule has 2 aromatic rings. The molecule has 6 nitrogen and oxygen atoms in total. The van der Waals surface area contributed by atoms with E-state index in [9.17, 15) is 9.59 Å². The highest BCUT2D eigenvalue weighted by Gasteiger charge is 2.33. The van der Waals surface area contributed by atoms with Crippen molar-refractivity contribution in [2.24, 2.45) is 0 Å². The Morgan fingerprint density at radius 3 is 2.17 bits per heavy atom. The lowest BCUT2D eigenvalue weighted by Crippen LogP contribution is -2.35. The van der Waals surface area contributed by atoms with Crippen LogP contribution in [0.3, 0.4) is 0 Å². The van der Waals surface area contributed by atoms with Crippen molar-refractivity contribution < 1.29 is 19.1 Å². The van der Waals surface area contributed by atoms with Crippen LogP contribution >= 0.6 is 0 Å². The summed E-state index contributed by atoms with van der Waals surface area (Å²) in [6.07, 6.45) is 0. The predicted molar refractivity (Wildman–Crippen MR) is 117 cm³/mol. The minimum atomic E-state index is -0.440. The molecular formula is C24H28N2O4. The summed E-state index contributed by atoms with van der Waals surface area (Å²) in [4.78, 5) is 27.8. The third-order valence-electron chi connectivity index (χ3n) is 5.42. The van der Waals surface area contributed by atoms with Crippen LogP contribution in [0.4, 0.5) is 0 Å². The molecule has 3 rings (SSSR count). The Bertz CT molecular complexity index is 977. The molecule has 0 fully saturated rings. The second kappa shape index (κ2) is 9.59. The summed E-state index contributed by atoms with van der Waals surface area (Å²) in [6.45, 7) is 6.60. The highest BCUT2D eigenvalue weighted by molar-refractivity contribution is 6.52. The molecule has 30 heavy (non-hydrogen) atoms. The third-order valence-corrected chi connectivity index (χ3v) is 5.42. The van der Waals surface area contributed by atoms with Gasteiger partial charge >= 0.3 is 0 Å². The van der Waals surface area contributed by atoms with Crippen LogP contribution in [0.1, 0.15) is 35.3 Å². The number of hydrogen-bond acceptors (Lipinski definition) is 6. The largest absolute Gasteiger partial charge is 0.493 e. The molecule has 0 heterocycles. The minimum Gasteiger partial charge on any atom is -0.493 e. The fourth-order valence-electron chi connectivity index (χ4n) is 3.64. The number of likely N-dealkylation sites (N-methyl/N-ethyl adjacent to an activating group) is 1. The van der Waals surface area contributed by atoms with Gasteiger partial charge in [-0.3, -0.25) is 14.5 Å². The standard InChI is InChI=1S/C24H28N2O4/c1-5-26(6-2)15-19-22(17-9-7-8-10-18(17)23(27)24(19)28)25-14-16-11-12-20(29-3)21(13-16)30-4/h7-13,25H,5-6,14-15H2,1-4H3. The molecule has 2 aromatic carbocycles. The van der Waals surface area contributed by atoms with Crippen molar-refractivity contribution in [3.63, 3.8) is 0 Å². The monoisotopic (exact) mass is 408 g/mol. The number of carbonyl (C=O) groups excluding carboxylic acids is 2. The van der Waals surface area contributed by atoms with E-state index in [1.165, 1.54) is 0 Å². The number of fused-ring (bicyclic) bond motifs is 1. The van der Waals surface area contributed by atoms with E-state index in [1.807, 2.05) is 44.2 Å². The summed E-state index contributed by atoms with van der Waals surface area (Å²) in [5.74, 6) is 0.427. The Kier molecular flexibility index (Phi) is 6.90. The van der Waals surface area contributed by atoms with Crippen LogP contribution in [0.2, 0.25) is 0 Å². The number of carbonyl (C=O) groups is 2. The minimum absolute atomic E-state index is 0.431. The van der Waals surface area contributed by atoms with E-state index in [0.29, 0.717) is 35.7 Å². The fourth-order valence-corrected chi connectivity index (χ4v) is 3.64. The van der Waals surface area contributed by atoms with Gasteiger partial charge < -0.3 is 14.8 Å². The first-order chi connectivity index (χ1) is 14.5. The van der Waals surface area contributed by atoms with Crippen molar-refractivity contribution in [3.05, 3.63) is 64.7 Å². The molecule has 0 unspecified atom stereocenters. The highest BCUT2D eigenvalue weighted by atomic mass is 16.5. The zero-order valence-corrected chi connectivity index (χ0v) is 18.0. The SMILES string of the molecule is CCN(CC)CC1=C(NCc2ccc(OC)c(OC)c2)c2ccccc2C(=O)C1=O. The van der Waals surface area contributed by atoms with Gasteiger partial charge in [0.2, 0.25) is 11.6 Å². The topological polar surface area (TPSA) is 67.9 Å². The molecule has 158 valence electrons. The Labute approximate surface area is 177 Å². The van der Waals surface area contributed by atoms with E-state index in [1.54, 1.807) is 26.4 Å². The average molecular weight is 408 g/mol. The molecule has 0 atom stereocenters. The molecule has 1 N–H and O–H groups in total. The van der Waals surface area contributed by atoms with Crippen molar-refractivity contribution >= 4 is 17.3 Å². The smallest absolute Gasteiger partial charge is 0.233 e. The molecule has 0 saturated carbocycles. The van der Waals surface area contributed by atoms with Crippen molar-refractivity contribution in [1.29, 1.82) is 0 Å². The van der Waals surface area contributed by atoms with Gasteiger partial charge in [0.1, 0.15) is 0 Å². The summed E-state index contributed by atoms with van der Waals surface area (Å²) in [6, 6.07) is 13.0. The Hall–Kier alpha value is -3.12. The van der Waals surface area contributed by atoms with E-state index in [0.717, 1.165) is 29.9 Å². The molecule has 0 bridgehead atoms. The number of rotatable bonds is 9. The van der Waals surface area contributed by atoms with Gasteiger partial charge in [-0.25, -0.2) is 0 Å². The van der Waals surface area contributed by atoms with Crippen molar-refractivity contribution in [3.8, 4) is 11.5 Å². The summed E-state index contributed by atoms with van der Waals surface area (Å²) >= 11 is 0. The number of nitrogens with zero attached hydrogens (tertiary/aromatic N) is 1. The van der Waals surface area contributed by atoms with Gasteiger partial charge in [0, 0.05) is 29.8 Å². The maximum atomic E-state index is 13.0. The molecule has 0 saturated heterocycles. The number of Topliss-reactive ketones (excluding diaryl/α,β-unsaturated/α-hetero) is 2. The van der Waals surface area contributed by atoms with E-state index in [2.05, 4.69) is 10.2 Å². The van der Waals surface area contributed by atoms with Crippen LogP contribution in [-0.4, -0.2) is 50.3 Å². The number of nitrogens with one attached hydrogen (secondary N) is 1. The second-order valence-corrected chi connectivity index (χ2v) is 7.06. The average Bonchev–Trinajstić information content (AvgIpc) is 2.79. The quantitative estimate of drug-likeness (QED) is 0.642. The predicted octanol–water partition coefficient (Wildman–Crippen LogP) is 3.31. The molecule has 0 spiro atoms. The number of ether oxygens (including phenoxy) is 2. The van der Waals surface area contributed by atoms with Crippen molar-refractivity contribution in [2.45, 2.75) is 20.4 Å². The van der Waals surface area contributed by atoms with E-state index in [-0.39, 0.29) is 0 Å². The number of ketones is 2. The molecule has 6 heteroatoms.